The molecule has 25 heavy (non-hydrogen) atoms. The number of benzene rings is 2. The SMILES string of the molecule is COc1ccc(/C=C2\NC(=O)N(c3cccc(Cl)c3)C2=O)c(OC)c1. The van der Waals surface area contributed by atoms with Crippen LogP contribution in [0.2, 0.25) is 5.02 Å². The number of imide groups is 1. The summed E-state index contributed by atoms with van der Waals surface area (Å²) in [5.74, 6) is 0.682. The number of ether oxygens (including phenoxy) is 2. The van der Waals surface area contributed by atoms with E-state index < -0.39 is 11.9 Å². The van der Waals surface area contributed by atoms with E-state index in [9.17, 15) is 9.59 Å². The Balaban J connectivity index is 1.96. The second-order valence-electron chi connectivity index (χ2n) is 5.22. The van der Waals surface area contributed by atoms with Crippen molar-refractivity contribution in [2.24, 2.45) is 0 Å². The van der Waals surface area contributed by atoms with Crippen LogP contribution in [0, 0.1) is 0 Å². The Morgan fingerprint density at radius 3 is 2.56 bits per heavy atom. The minimum absolute atomic E-state index is 0.147. The van der Waals surface area contributed by atoms with Crippen LogP contribution >= 0.6 is 11.6 Å². The van der Waals surface area contributed by atoms with E-state index in [1.165, 1.54) is 7.11 Å². The second-order valence-corrected chi connectivity index (χ2v) is 5.65. The number of nitrogens with zero attached hydrogens (tertiary/aromatic N) is 1. The van der Waals surface area contributed by atoms with E-state index in [-0.39, 0.29) is 5.70 Å². The van der Waals surface area contributed by atoms with Gasteiger partial charge in [-0.1, -0.05) is 17.7 Å². The van der Waals surface area contributed by atoms with Crippen LogP contribution in [0.4, 0.5) is 10.5 Å². The summed E-state index contributed by atoms with van der Waals surface area (Å²) in [6, 6.07) is 11.2. The molecule has 1 fully saturated rings. The van der Waals surface area contributed by atoms with E-state index in [2.05, 4.69) is 5.32 Å². The first kappa shape index (κ1) is 16.9. The summed E-state index contributed by atoms with van der Waals surface area (Å²) in [6.45, 7) is 0. The van der Waals surface area contributed by atoms with Gasteiger partial charge in [0.1, 0.15) is 17.2 Å². The molecule has 0 atom stereocenters. The summed E-state index contributed by atoms with van der Waals surface area (Å²) in [6.07, 6.45) is 1.56. The van der Waals surface area contributed by atoms with Gasteiger partial charge in [0.2, 0.25) is 0 Å². The van der Waals surface area contributed by atoms with Crippen LogP contribution < -0.4 is 19.7 Å². The lowest BCUT2D eigenvalue weighted by Crippen LogP contribution is -2.30. The van der Waals surface area contributed by atoms with Crippen molar-refractivity contribution in [2.75, 3.05) is 19.1 Å². The highest BCUT2D eigenvalue weighted by molar-refractivity contribution is 6.32. The predicted molar refractivity (Wildman–Crippen MR) is 95.0 cm³/mol. The van der Waals surface area contributed by atoms with Crippen LogP contribution in [-0.4, -0.2) is 26.2 Å². The molecule has 6 nitrogen and oxygen atoms in total. The molecule has 1 saturated heterocycles. The highest BCUT2D eigenvalue weighted by atomic mass is 35.5. The van der Waals surface area contributed by atoms with E-state index in [1.807, 2.05) is 0 Å². The van der Waals surface area contributed by atoms with Gasteiger partial charge in [-0.25, -0.2) is 9.69 Å². The van der Waals surface area contributed by atoms with Gasteiger partial charge in [-0.3, -0.25) is 4.79 Å². The molecule has 2 aromatic rings. The van der Waals surface area contributed by atoms with Crippen molar-refractivity contribution >= 4 is 35.3 Å². The van der Waals surface area contributed by atoms with E-state index >= 15 is 0 Å². The van der Waals surface area contributed by atoms with Gasteiger partial charge in [-0.05, 0) is 36.4 Å². The molecular weight excluding hydrogens is 344 g/mol. The molecule has 3 rings (SSSR count). The minimum atomic E-state index is -0.536. The van der Waals surface area contributed by atoms with Crippen molar-refractivity contribution in [3.8, 4) is 11.5 Å². The maximum atomic E-state index is 12.6. The first-order valence-corrected chi connectivity index (χ1v) is 7.76. The third-order valence-electron chi connectivity index (χ3n) is 3.69. The van der Waals surface area contributed by atoms with Crippen molar-refractivity contribution in [3.63, 3.8) is 0 Å². The Kier molecular flexibility index (Phi) is 4.63. The Bertz CT molecular complexity index is 879. The number of anilines is 1. The van der Waals surface area contributed by atoms with Gasteiger partial charge in [0.05, 0.1) is 19.9 Å². The lowest BCUT2D eigenvalue weighted by atomic mass is 10.1. The number of methoxy groups -OCH3 is 2. The van der Waals surface area contributed by atoms with Gasteiger partial charge >= 0.3 is 6.03 Å². The van der Waals surface area contributed by atoms with Crippen molar-refractivity contribution < 1.29 is 19.1 Å². The Hall–Kier alpha value is -2.99. The van der Waals surface area contributed by atoms with Gasteiger partial charge in [-0.2, -0.15) is 0 Å². The largest absolute Gasteiger partial charge is 0.497 e. The first-order chi connectivity index (χ1) is 12.0. The third kappa shape index (κ3) is 3.29. The number of halogens is 1. The van der Waals surface area contributed by atoms with Crippen LogP contribution in [0.25, 0.3) is 6.08 Å². The molecule has 0 saturated carbocycles. The van der Waals surface area contributed by atoms with Gasteiger partial charge in [0.25, 0.3) is 5.91 Å². The summed E-state index contributed by atoms with van der Waals surface area (Å²) in [5, 5.41) is 3.01. The van der Waals surface area contributed by atoms with E-state index in [0.717, 1.165) is 4.90 Å². The Morgan fingerprint density at radius 1 is 1.08 bits per heavy atom. The highest BCUT2D eigenvalue weighted by Crippen LogP contribution is 2.29. The predicted octanol–water partition coefficient (Wildman–Crippen LogP) is 3.45. The molecule has 1 heterocycles. The molecule has 0 bridgehead atoms. The van der Waals surface area contributed by atoms with Gasteiger partial charge < -0.3 is 14.8 Å². The molecular formula is C18H15ClN2O4. The number of hydrogen-bond donors (Lipinski definition) is 1. The van der Waals surface area contributed by atoms with Crippen molar-refractivity contribution in [3.05, 3.63) is 58.7 Å². The number of nitrogens with one attached hydrogen (secondary N) is 1. The number of carbonyl (C=O) groups is 2. The monoisotopic (exact) mass is 358 g/mol. The average Bonchev–Trinajstić information content (AvgIpc) is 2.88. The molecule has 3 amide bonds. The quantitative estimate of drug-likeness (QED) is 0.671. The molecule has 0 unspecified atom stereocenters. The summed E-state index contributed by atoms with van der Waals surface area (Å²) in [7, 11) is 3.07. The fourth-order valence-corrected chi connectivity index (χ4v) is 2.66. The molecule has 0 aromatic heterocycles. The lowest BCUT2D eigenvalue weighted by Gasteiger charge is -2.11. The molecule has 0 aliphatic carbocycles. The molecule has 1 aliphatic heterocycles. The maximum Gasteiger partial charge on any atom is 0.333 e. The first-order valence-electron chi connectivity index (χ1n) is 7.38. The number of carbonyl (C=O) groups excluding carboxylic acids is 2. The summed E-state index contributed by atoms with van der Waals surface area (Å²) >= 11 is 5.94. The van der Waals surface area contributed by atoms with E-state index in [1.54, 1.807) is 55.7 Å². The van der Waals surface area contributed by atoms with Crippen LogP contribution in [0.1, 0.15) is 5.56 Å². The zero-order valence-corrected chi connectivity index (χ0v) is 14.3. The topological polar surface area (TPSA) is 67.9 Å². The lowest BCUT2D eigenvalue weighted by molar-refractivity contribution is -0.113. The fraction of sp³-hybridized carbons (Fsp3) is 0.111. The Morgan fingerprint density at radius 2 is 1.88 bits per heavy atom. The Labute approximate surface area is 149 Å². The standard InChI is InChI=1S/C18H15ClN2O4/c1-24-14-7-6-11(16(10-14)25-2)8-15-17(22)21(18(23)20-15)13-5-3-4-12(19)9-13/h3-10H,1-2H3,(H,20,23)/b15-8-. The van der Waals surface area contributed by atoms with Crippen LogP contribution in [0.5, 0.6) is 11.5 Å². The fourth-order valence-electron chi connectivity index (χ4n) is 2.48. The summed E-state index contributed by atoms with van der Waals surface area (Å²) < 4.78 is 10.5. The van der Waals surface area contributed by atoms with Crippen molar-refractivity contribution in [1.82, 2.24) is 5.32 Å². The molecule has 1 N–H and O–H groups in total. The molecule has 128 valence electrons. The highest BCUT2D eigenvalue weighted by Gasteiger charge is 2.35. The van der Waals surface area contributed by atoms with Crippen molar-refractivity contribution in [1.29, 1.82) is 0 Å². The van der Waals surface area contributed by atoms with Gasteiger partial charge in [0.15, 0.2) is 0 Å². The average molecular weight is 359 g/mol. The zero-order chi connectivity index (χ0) is 18.0. The molecule has 2 aromatic carbocycles. The molecule has 0 spiro atoms. The number of amides is 3. The van der Waals surface area contributed by atoms with Crippen LogP contribution in [0.3, 0.4) is 0 Å². The van der Waals surface area contributed by atoms with Crippen LogP contribution in [0.15, 0.2) is 48.2 Å². The second kappa shape index (κ2) is 6.86. The summed E-state index contributed by atoms with van der Waals surface area (Å²) in [4.78, 5) is 25.9. The van der Waals surface area contributed by atoms with E-state index in [4.69, 9.17) is 21.1 Å². The number of rotatable bonds is 4. The smallest absolute Gasteiger partial charge is 0.333 e. The normalized spacial score (nSPS) is 15.5. The minimum Gasteiger partial charge on any atom is -0.497 e. The van der Waals surface area contributed by atoms with E-state index in [0.29, 0.717) is 27.8 Å². The molecule has 1 aliphatic rings. The zero-order valence-electron chi connectivity index (χ0n) is 13.6. The molecule has 7 heteroatoms. The van der Waals surface area contributed by atoms with Crippen LogP contribution in [-0.2, 0) is 4.79 Å². The molecule has 0 radical (unpaired) electrons. The van der Waals surface area contributed by atoms with Gasteiger partial charge in [-0.15, -0.1) is 0 Å². The van der Waals surface area contributed by atoms with Crippen molar-refractivity contribution in [2.45, 2.75) is 0 Å². The number of hydrogen-bond acceptors (Lipinski definition) is 4. The third-order valence-corrected chi connectivity index (χ3v) is 3.92. The summed E-state index contributed by atoms with van der Waals surface area (Å²) in [5.41, 5.74) is 1.19. The van der Waals surface area contributed by atoms with Gasteiger partial charge in [0, 0.05) is 16.7 Å². The number of urea groups is 1. The maximum absolute atomic E-state index is 12.6.